The van der Waals surface area contributed by atoms with E-state index in [1.54, 1.807) is 13.3 Å². The molecule has 1 atom stereocenters. The first-order valence-corrected chi connectivity index (χ1v) is 12.9. The van der Waals surface area contributed by atoms with Crippen molar-refractivity contribution in [2.24, 2.45) is 0 Å². The van der Waals surface area contributed by atoms with Crippen LogP contribution < -0.4 is 10.6 Å². The zero-order valence-electron chi connectivity index (χ0n) is 21.1. The summed E-state index contributed by atoms with van der Waals surface area (Å²) in [6, 6.07) is 13.2. The highest BCUT2D eigenvalue weighted by Gasteiger charge is 2.20. The maximum absolute atomic E-state index is 12.1. The third kappa shape index (κ3) is 7.15. The molecule has 0 amide bonds. The molecule has 0 spiro atoms. The molecule has 0 radical (unpaired) electrons. The molecule has 4 rings (SSSR count). The van der Waals surface area contributed by atoms with Crippen molar-refractivity contribution in [3.63, 3.8) is 0 Å². The van der Waals surface area contributed by atoms with Gasteiger partial charge in [-0.05, 0) is 81.0 Å². The molecule has 1 aliphatic heterocycles. The number of aliphatic carboxylic acids is 1. The quantitative estimate of drug-likeness (QED) is 0.288. The average Bonchev–Trinajstić information content (AvgIpc) is 2.91. The van der Waals surface area contributed by atoms with Crippen LogP contribution in [-0.4, -0.2) is 71.9 Å². The number of unbranched alkanes of at least 4 members (excludes halogenated alkanes) is 1. The molecule has 0 fully saturated rings. The highest BCUT2D eigenvalue weighted by Crippen LogP contribution is 2.23. The number of hydrogen-bond donors (Lipinski definition) is 3. The molecule has 3 aromatic rings. The summed E-state index contributed by atoms with van der Waals surface area (Å²) in [5, 5.41) is 17.5. The Hall–Kier alpha value is -3.23. The number of fused-ring (bicyclic) bond motifs is 2. The Bertz CT molecular complexity index is 1130. The summed E-state index contributed by atoms with van der Waals surface area (Å²) in [7, 11) is 1.70. The number of pyridine rings is 2. The normalized spacial score (nSPS) is 13.8. The number of carbonyl (C=O) groups is 1. The number of aromatic nitrogens is 2. The molecule has 0 saturated heterocycles. The number of nitrogens with zero attached hydrogens (tertiary/aromatic N) is 3. The molecule has 192 valence electrons. The maximum atomic E-state index is 12.1. The lowest BCUT2D eigenvalue weighted by Gasteiger charge is -2.25. The molecular weight excluding hydrogens is 454 g/mol. The van der Waals surface area contributed by atoms with Gasteiger partial charge in [0.1, 0.15) is 11.9 Å². The van der Waals surface area contributed by atoms with Crippen molar-refractivity contribution in [2.45, 2.75) is 44.6 Å². The summed E-state index contributed by atoms with van der Waals surface area (Å²) in [5.74, 6) is 0.198. The van der Waals surface area contributed by atoms with Gasteiger partial charge in [0, 0.05) is 49.7 Å². The Morgan fingerprint density at radius 2 is 2.08 bits per heavy atom. The molecule has 2 aromatic heterocycles. The fourth-order valence-electron chi connectivity index (χ4n) is 4.69. The van der Waals surface area contributed by atoms with Crippen LogP contribution in [0.5, 0.6) is 0 Å². The standard InChI is InChI=1S/C28H37N5O3/c1-36-20-19-33(17-3-2-8-22-13-12-21-7-5-16-30-27(21)31-22)18-14-26(28(34)35)32-25-11-4-10-24-23(25)9-6-15-29-24/h4,6,9-13,15,26,32H,2-3,5,7-8,14,16-20H2,1H3,(H,30,31)(H,34,35)/t26-/m0/s1. The molecule has 0 bridgehead atoms. The van der Waals surface area contributed by atoms with E-state index in [0.717, 1.165) is 73.4 Å². The van der Waals surface area contributed by atoms with Crippen LogP contribution in [0.15, 0.2) is 48.7 Å². The lowest BCUT2D eigenvalue weighted by atomic mass is 10.1. The number of aryl methyl sites for hydroxylation is 2. The molecule has 8 heteroatoms. The molecule has 1 aliphatic rings. The zero-order chi connectivity index (χ0) is 25.2. The van der Waals surface area contributed by atoms with Crippen molar-refractivity contribution in [1.82, 2.24) is 14.9 Å². The first-order valence-electron chi connectivity index (χ1n) is 12.9. The Balaban J connectivity index is 1.29. The van der Waals surface area contributed by atoms with Gasteiger partial charge in [-0.1, -0.05) is 12.1 Å². The van der Waals surface area contributed by atoms with Gasteiger partial charge in [0.05, 0.1) is 12.1 Å². The predicted molar refractivity (Wildman–Crippen MR) is 144 cm³/mol. The van der Waals surface area contributed by atoms with Crippen LogP contribution in [0.3, 0.4) is 0 Å². The van der Waals surface area contributed by atoms with Gasteiger partial charge in [-0.3, -0.25) is 4.98 Å². The minimum atomic E-state index is -0.852. The van der Waals surface area contributed by atoms with Crippen molar-refractivity contribution in [1.29, 1.82) is 0 Å². The van der Waals surface area contributed by atoms with Gasteiger partial charge in [0.2, 0.25) is 0 Å². The largest absolute Gasteiger partial charge is 0.480 e. The van der Waals surface area contributed by atoms with E-state index < -0.39 is 12.0 Å². The van der Waals surface area contributed by atoms with Crippen LogP contribution in [0.25, 0.3) is 10.9 Å². The van der Waals surface area contributed by atoms with Crippen molar-refractivity contribution in [3.8, 4) is 0 Å². The van der Waals surface area contributed by atoms with E-state index in [-0.39, 0.29) is 0 Å². The number of carboxylic acids is 1. The van der Waals surface area contributed by atoms with E-state index in [1.165, 1.54) is 12.0 Å². The Morgan fingerprint density at radius 1 is 1.17 bits per heavy atom. The van der Waals surface area contributed by atoms with Crippen LogP contribution >= 0.6 is 0 Å². The summed E-state index contributed by atoms with van der Waals surface area (Å²) in [4.78, 5) is 23.5. The molecule has 1 aromatic carbocycles. The van der Waals surface area contributed by atoms with Gasteiger partial charge in [-0.25, -0.2) is 9.78 Å². The fourth-order valence-corrected chi connectivity index (χ4v) is 4.69. The molecule has 3 N–H and O–H groups in total. The Labute approximate surface area is 213 Å². The summed E-state index contributed by atoms with van der Waals surface area (Å²) in [6.07, 6.45) is 7.52. The third-order valence-corrected chi connectivity index (χ3v) is 6.73. The monoisotopic (exact) mass is 491 g/mol. The third-order valence-electron chi connectivity index (χ3n) is 6.73. The van der Waals surface area contributed by atoms with Crippen molar-refractivity contribution < 1.29 is 14.6 Å². The lowest BCUT2D eigenvalue weighted by Crippen LogP contribution is -2.36. The fraction of sp³-hybridized carbons (Fsp3) is 0.464. The van der Waals surface area contributed by atoms with Gasteiger partial charge in [-0.15, -0.1) is 0 Å². The number of hydrogen-bond acceptors (Lipinski definition) is 7. The van der Waals surface area contributed by atoms with E-state index in [1.807, 2.05) is 30.3 Å². The highest BCUT2D eigenvalue weighted by molar-refractivity contribution is 5.92. The Morgan fingerprint density at radius 3 is 2.94 bits per heavy atom. The number of anilines is 2. The smallest absolute Gasteiger partial charge is 0.326 e. The first kappa shape index (κ1) is 25.9. The average molecular weight is 492 g/mol. The summed E-state index contributed by atoms with van der Waals surface area (Å²) < 4.78 is 5.30. The van der Waals surface area contributed by atoms with Crippen LogP contribution in [0.4, 0.5) is 11.5 Å². The maximum Gasteiger partial charge on any atom is 0.326 e. The van der Waals surface area contributed by atoms with E-state index >= 15 is 0 Å². The van der Waals surface area contributed by atoms with E-state index in [2.05, 4.69) is 32.7 Å². The molecule has 8 nitrogen and oxygen atoms in total. The number of ether oxygens (including phenoxy) is 1. The summed E-state index contributed by atoms with van der Waals surface area (Å²) in [6.45, 7) is 3.98. The number of nitrogens with one attached hydrogen (secondary N) is 2. The van der Waals surface area contributed by atoms with Crippen LogP contribution in [-0.2, 0) is 22.4 Å². The predicted octanol–water partition coefficient (Wildman–Crippen LogP) is 4.21. The second kappa shape index (κ2) is 13.2. The van der Waals surface area contributed by atoms with Gasteiger partial charge >= 0.3 is 5.97 Å². The number of rotatable bonds is 14. The summed E-state index contributed by atoms with van der Waals surface area (Å²) >= 11 is 0. The number of benzene rings is 1. The van der Waals surface area contributed by atoms with Gasteiger partial charge < -0.3 is 25.4 Å². The lowest BCUT2D eigenvalue weighted by molar-refractivity contribution is -0.138. The van der Waals surface area contributed by atoms with Gasteiger partial charge in [-0.2, -0.15) is 0 Å². The molecule has 0 aliphatic carbocycles. The van der Waals surface area contributed by atoms with Crippen molar-refractivity contribution >= 4 is 28.4 Å². The van der Waals surface area contributed by atoms with Crippen LogP contribution in [0, 0.1) is 0 Å². The molecule has 36 heavy (non-hydrogen) atoms. The topological polar surface area (TPSA) is 99.6 Å². The zero-order valence-corrected chi connectivity index (χ0v) is 21.1. The van der Waals surface area contributed by atoms with Crippen LogP contribution in [0.1, 0.15) is 36.9 Å². The van der Waals surface area contributed by atoms with E-state index in [4.69, 9.17) is 9.72 Å². The minimum absolute atomic E-state index is 0.494. The molecular formula is C28H37N5O3. The van der Waals surface area contributed by atoms with Crippen molar-refractivity contribution in [2.75, 3.05) is 50.5 Å². The molecule has 3 heterocycles. The highest BCUT2D eigenvalue weighted by atomic mass is 16.5. The van der Waals surface area contributed by atoms with Crippen LogP contribution in [0.2, 0.25) is 0 Å². The van der Waals surface area contributed by atoms with Gasteiger partial charge in [0.25, 0.3) is 0 Å². The number of methoxy groups -OCH3 is 1. The molecule has 0 unspecified atom stereocenters. The first-order chi connectivity index (χ1) is 17.6. The SMILES string of the molecule is COCCN(CCCCc1ccc2c(n1)NCCC2)CC[C@H](Nc1cccc2ncccc12)C(=O)O. The second-order valence-corrected chi connectivity index (χ2v) is 9.33. The minimum Gasteiger partial charge on any atom is -0.480 e. The van der Waals surface area contributed by atoms with Gasteiger partial charge in [0.15, 0.2) is 0 Å². The molecule has 0 saturated carbocycles. The second-order valence-electron chi connectivity index (χ2n) is 9.33. The summed E-state index contributed by atoms with van der Waals surface area (Å²) in [5.41, 5.74) is 4.09. The van der Waals surface area contributed by atoms with Crippen molar-refractivity contribution in [3.05, 3.63) is 59.9 Å². The number of carboxylic acid groups (broad SMARTS) is 1. The Kier molecular flexibility index (Phi) is 9.47. The van der Waals surface area contributed by atoms with E-state index in [0.29, 0.717) is 19.6 Å². The van der Waals surface area contributed by atoms with E-state index in [9.17, 15) is 9.90 Å².